The fourth-order valence-corrected chi connectivity index (χ4v) is 2.31. The molecule has 5 heteroatoms. The Bertz CT molecular complexity index is 508. The van der Waals surface area contributed by atoms with Gasteiger partial charge in [-0.1, -0.05) is 26.0 Å². The molecule has 1 aromatic carbocycles. The van der Waals surface area contributed by atoms with Crippen molar-refractivity contribution in [2.24, 2.45) is 5.92 Å². The lowest BCUT2D eigenvalue weighted by Gasteiger charge is -2.15. The van der Waals surface area contributed by atoms with Gasteiger partial charge in [-0.25, -0.2) is 0 Å². The number of carbonyl (C=O) groups is 2. The third kappa shape index (κ3) is 4.29. The number of rotatable bonds is 5. The van der Waals surface area contributed by atoms with Crippen LogP contribution in [0.5, 0.6) is 0 Å². The Morgan fingerprint density at radius 3 is 2.76 bits per heavy atom. The first-order valence-corrected chi connectivity index (χ1v) is 7.49. The van der Waals surface area contributed by atoms with Crippen molar-refractivity contribution in [2.75, 3.05) is 18.4 Å². The quantitative estimate of drug-likeness (QED) is 0.773. The molecule has 0 unspecified atom stereocenters. The molecule has 1 aliphatic rings. The van der Waals surface area contributed by atoms with Gasteiger partial charge in [0.05, 0.1) is 17.3 Å². The third-order valence-corrected chi connectivity index (χ3v) is 3.48. The van der Waals surface area contributed by atoms with Crippen LogP contribution in [0, 0.1) is 5.92 Å². The van der Waals surface area contributed by atoms with E-state index in [-0.39, 0.29) is 17.9 Å². The summed E-state index contributed by atoms with van der Waals surface area (Å²) in [5.74, 6) is 0.161. The number of hydrogen-bond donors (Lipinski definition) is 3. The molecule has 1 aromatic rings. The largest absolute Gasteiger partial charge is 0.352 e. The highest BCUT2D eigenvalue weighted by molar-refractivity contribution is 6.04. The van der Waals surface area contributed by atoms with E-state index in [1.54, 1.807) is 18.2 Å². The molecule has 3 N–H and O–H groups in total. The molecule has 21 heavy (non-hydrogen) atoms. The van der Waals surface area contributed by atoms with Gasteiger partial charge in [-0.2, -0.15) is 0 Å². The van der Waals surface area contributed by atoms with Crippen molar-refractivity contribution in [1.29, 1.82) is 0 Å². The van der Waals surface area contributed by atoms with E-state index in [2.05, 4.69) is 16.0 Å². The van der Waals surface area contributed by atoms with Crippen LogP contribution in [-0.2, 0) is 4.79 Å². The summed E-state index contributed by atoms with van der Waals surface area (Å²) < 4.78 is 0. The maximum Gasteiger partial charge on any atom is 0.253 e. The SMILES string of the molecule is CC(C)CNC(=O)c1ccccc1NC(=O)[C@H]1CCCN1. The van der Waals surface area contributed by atoms with Crippen molar-refractivity contribution in [2.45, 2.75) is 32.7 Å². The second-order valence-corrected chi connectivity index (χ2v) is 5.79. The molecular formula is C16H23N3O2. The van der Waals surface area contributed by atoms with Gasteiger partial charge in [-0.05, 0) is 37.4 Å². The molecule has 2 amide bonds. The zero-order valence-electron chi connectivity index (χ0n) is 12.6. The van der Waals surface area contributed by atoms with Crippen molar-refractivity contribution < 1.29 is 9.59 Å². The highest BCUT2D eigenvalue weighted by Gasteiger charge is 2.23. The van der Waals surface area contributed by atoms with Crippen molar-refractivity contribution in [1.82, 2.24) is 10.6 Å². The molecule has 0 radical (unpaired) electrons. The molecule has 2 rings (SSSR count). The molecular weight excluding hydrogens is 266 g/mol. The average molecular weight is 289 g/mol. The molecule has 0 aliphatic carbocycles. The Morgan fingerprint density at radius 2 is 2.10 bits per heavy atom. The van der Waals surface area contributed by atoms with Crippen LogP contribution in [0.3, 0.4) is 0 Å². The maximum atomic E-state index is 12.2. The lowest BCUT2D eigenvalue weighted by molar-refractivity contribution is -0.117. The van der Waals surface area contributed by atoms with Gasteiger partial charge in [0, 0.05) is 6.54 Å². The summed E-state index contributed by atoms with van der Waals surface area (Å²) in [4.78, 5) is 24.3. The molecule has 0 saturated carbocycles. The number of amides is 2. The Morgan fingerprint density at radius 1 is 1.33 bits per heavy atom. The van der Waals surface area contributed by atoms with E-state index in [0.717, 1.165) is 19.4 Å². The summed E-state index contributed by atoms with van der Waals surface area (Å²) in [5, 5.41) is 8.89. The van der Waals surface area contributed by atoms with Crippen LogP contribution in [0.15, 0.2) is 24.3 Å². The summed E-state index contributed by atoms with van der Waals surface area (Å²) >= 11 is 0. The van der Waals surface area contributed by atoms with Crippen molar-refractivity contribution in [3.63, 3.8) is 0 Å². The van der Waals surface area contributed by atoms with Crippen molar-refractivity contribution in [3.05, 3.63) is 29.8 Å². The second kappa shape index (κ2) is 7.22. The first-order chi connectivity index (χ1) is 10.1. The molecule has 1 heterocycles. The monoisotopic (exact) mass is 289 g/mol. The molecule has 0 aromatic heterocycles. The van der Waals surface area contributed by atoms with Gasteiger partial charge < -0.3 is 16.0 Å². The van der Waals surface area contributed by atoms with Gasteiger partial charge >= 0.3 is 0 Å². The standard InChI is InChI=1S/C16H23N3O2/c1-11(2)10-18-15(20)12-6-3-4-7-13(12)19-16(21)14-8-5-9-17-14/h3-4,6-7,11,14,17H,5,8-10H2,1-2H3,(H,18,20)(H,19,21)/t14-/m1/s1. The van der Waals surface area contributed by atoms with Gasteiger partial charge in [0.1, 0.15) is 0 Å². The Hall–Kier alpha value is -1.88. The molecule has 0 bridgehead atoms. The smallest absolute Gasteiger partial charge is 0.253 e. The summed E-state index contributed by atoms with van der Waals surface area (Å²) in [6.07, 6.45) is 1.85. The normalized spacial score (nSPS) is 17.8. The van der Waals surface area contributed by atoms with E-state index in [1.165, 1.54) is 0 Å². The van der Waals surface area contributed by atoms with Crippen LogP contribution in [0.25, 0.3) is 0 Å². The lowest BCUT2D eigenvalue weighted by atomic mass is 10.1. The van der Waals surface area contributed by atoms with Crippen LogP contribution in [0.1, 0.15) is 37.0 Å². The second-order valence-electron chi connectivity index (χ2n) is 5.79. The molecule has 1 atom stereocenters. The molecule has 1 aliphatic heterocycles. The maximum absolute atomic E-state index is 12.2. The van der Waals surface area contributed by atoms with Crippen LogP contribution >= 0.6 is 0 Å². The van der Waals surface area contributed by atoms with Crippen LogP contribution < -0.4 is 16.0 Å². The minimum Gasteiger partial charge on any atom is -0.352 e. The van der Waals surface area contributed by atoms with Gasteiger partial charge in [-0.15, -0.1) is 0 Å². The van der Waals surface area contributed by atoms with E-state index in [1.807, 2.05) is 19.9 Å². The number of anilines is 1. The number of benzene rings is 1. The van der Waals surface area contributed by atoms with E-state index < -0.39 is 0 Å². The Kier molecular flexibility index (Phi) is 5.33. The minimum absolute atomic E-state index is 0.0726. The molecule has 114 valence electrons. The van der Waals surface area contributed by atoms with Crippen LogP contribution in [0.2, 0.25) is 0 Å². The van der Waals surface area contributed by atoms with Crippen LogP contribution in [0.4, 0.5) is 5.69 Å². The summed E-state index contributed by atoms with van der Waals surface area (Å²) in [7, 11) is 0. The number of nitrogens with one attached hydrogen (secondary N) is 3. The zero-order chi connectivity index (χ0) is 15.2. The Balaban J connectivity index is 2.05. The first kappa shape index (κ1) is 15.5. The zero-order valence-corrected chi connectivity index (χ0v) is 12.6. The van der Waals surface area contributed by atoms with E-state index in [9.17, 15) is 9.59 Å². The lowest BCUT2D eigenvalue weighted by Crippen LogP contribution is -2.36. The first-order valence-electron chi connectivity index (χ1n) is 7.49. The fourth-order valence-electron chi connectivity index (χ4n) is 2.31. The predicted molar refractivity (Wildman–Crippen MR) is 83.3 cm³/mol. The van der Waals surface area contributed by atoms with Crippen LogP contribution in [-0.4, -0.2) is 30.9 Å². The van der Waals surface area contributed by atoms with E-state index in [0.29, 0.717) is 23.7 Å². The third-order valence-electron chi connectivity index (χ3n) is 3.48. The van der Waals surface area contributed by atoms with Gasteiger partial charge in [0.2, 0.25) is 5.91 Å². The average Bonchev–Trinajstić information content (AvgIpc) is 2.99. The number of carbonyl (C=O) groups excluding carboxylic acids is 2. The topological polar surface area (TPSA) is 70.2 Å². The highest BCUT2D eigenvalue weighted by atomic mass is 16.2. The summed E-state index contributed by atoms with van der Waals surface area (Å²) in [5.41, 5.74) is 1.07. The van der Waals surface area contributed by atoms with Crippen molar-refractivity contribution >= 4 is 17.5 Å². The number of hydrogen-bond acceptors (Lipinski definition) is 3. The molecule has 0 spiro atoms. The fraction of sp³-hybridized carbons (Fsp3) is 0.500. The van der Waals surface area contributed by atoms with Gasteiger partial charge in [-0.3, -0.25) is 9.59 Å². The van der Waals surface area contributed by atoms with E-state index in [4.69, 9.17) is 0 Å². The molecule has 1 saturated heterocycles. The highest BCUT2D eigenvalue weighted by Crippen LogP contribution is 2.16. The summed E-state index contributed by atoms with van der Waals surface area (Å²) in [6, 6.07) is 6.95. The number of para-hydroxylation sites is 1. The predicted octanol–water partition coefficient (Wildman–Crippen LogP) is 1.76. The van der Waals surface area contributed by atoms with Gasteiger partial charge in [0.15, 0.2) is 0 Å². The minimum atomic E-state index is -0.156. The molecule has 5 nitrogen and oxygen atoms in total. The Labute approximate surface area is 125 Å². The molecule has 1 fully saturated rings. The van der Waals surface area contributed by atoms with Gasteiger partial charge in [0.25, 0.3) is 5.91 Å². The van der Waals surface area contributed by atoms with Crippen molar-refractivity contribution in [3.8, 4) is 0 Å². The summed E-state index contributed by atoms with van der Waals surface area (Å²) in [6.45, 7) is 5.57. The van der Waals surface area contributed by atoms with E-state index >= 15 is 0 Å².